The van der Waals surface area contributed by atoms with Crippen molar-refractivity contribution >= 4 is 23.2 Å². The van der Waals surface area contributed by atoms with Crippen molar-refractivity contribution in [2.45, 2.75) is 26.4 Å². The first-order chi connectivity index (χ1) is 14.7. The quantitative estimate of drug-likeness (QED) is 0.241. The summed E-state index contributed by atoms with van der Waals surface area (Å²) in [5.74, 6) is 0.353. The third kappa shape index (κ3) is 6.28. The van der Waals surface area contributed by atoms with Crippen LogP contribution < -0.4 is 20.3 Å². The molecule has 0 atom stereocenters. The third-order valence-corrected chi connectivity index (χ3v) is 4.87. The van der Waals surface area contributed by atoms with Crippen LogP contribution in [0.25, 0.3) is 0 Å². The number of nitrogens with zero attached hydrogens (tertiary/aromatic N) is 3. The number of hydrogen-bond acceptors (Lipinski definition) is 7. The highest BCUT2D eigenvalue weighted by atomic mass is 16.6. The van der Waals surface area contributed by atoms with Crippen LogP contribution >= 0.6 is 0 Å². The fourth-order valence-electron chi connectivity index (χ4n) is 3.41. The smallest absolute Gasteiger partial charge is 0.344 e. The third-order valence-electron chi connectivity index (χ3n) is 4.87. The zero-order chi connectivity index (χ0) is 22.4. The lowest BCUT2D eigenvalue weighted by Crippen LogP contribution is -2.46. The van der Waals surface area contributed by atoms with E-state index in [9.17, 15) is 4.79 Å². The minimum absolute atomic E-state index is 0.106. The van der Waals surface area contributed by atoms with Crippen molar-refractivity contribution in [3.8, 4) is 5.75 Å². The van der Waals surface area contributed by atoms with Crippen LogP contribution in [0.4, 0.5) is 11.4 Å². The molecule has 1 aliphatic rings. The van der Waals surface area contributed by atoms with Gasteiger partial charge < -0.3 is 30.2 Å². The molecular weight excluding hydrogens is 396 g/mol. The number of anilines is 2. The maximum Gasteiger partial charge on any atom is 0.344 e. The summed E-state index contributed by atoms with van der Waals surface area (Å²) in [4.78, 5) is 16.4. The molecule has 0 radical (unpaired) electrons. The largest absolute Gasteiger partial charge is 0.482 e. The predicted molar refractivity (Wildman–Crippen MR) is 121 cm³/mol. The van der Waals surface area contributed by atoms with Gasteiger partial charge in [-0.1, -0.05) is 17.3 Å². The normalized spacial score (nSPS) is 15.0. The lowest BCUT2D eigenvalue weighted by molar-refractivity contribution is -0.157. The van der Waals surface area contributed by atoms with Crippen molar-refractivity contribution < 1.29 is 19.5 Å². The monoisotopic (exact) mass is 426 g/mol. The molecule has 31 heavy (non-hydrogen) atoms. The molecule has 8 nitrogen and oxygen atoms in total. The second-order valence-electron chi connectivity index (χ2n) is 8.38. The summed E-state index contributed by atoms with van der Waals surface area (Å²) < 4.78 is 10.8. The van der Waals surface area contributed by atoms with Crippen LogP contribution in [-0.4, -0.2) is 55.4 Å². The molecule has 0 aliphatic carbocycles. The van der Waals surface area contributed by atoms with Gasteiger partial charge in [-0.3, -0.25) is 0 Å². The van der Waals surface area contributed by atoms with Gasteiger partial charge in [-0.2, -0.15) is 0 Å². The van der Waals surface area contributed by atoms with Crippen LogP contribution in [0.1, 0.15) is 26.3 Å². The lowest BCUT2D eigenvalue weighted by Gasteiger charge is -2.37. The number of carbonyl (C=O) groups excluding carboxylic acids is 1. The molecule has 0 amide bonds. The summed E-state index contributed by atoms with van der Waals surface area (Å²) in [5.41, 5.74) is 8.04. The van der Waals surface area contributed by atoms with Gasteiger partial charge in [0, 0.05) is 43.1 Å². The minimum Gasteiger partial charge on any atom is -0.482 e. The molecule has 166 valence electrons. The number of carbonyl (C=O) groups is 1. The summed E-state index contributed by atoms with van der Waals surface area (Å²) in [5, 5.41) is 12.0. The van der Waals surface area contributed by atoms with Crippen molar-refractivity contribution in [2.24, 2.45) is 10.9 Å². The summed E-state index contributed by atoms with van der Waals surface area (Å²) in [6.07, 6.45) is 0. The molecule has 0 aromatic heterocycles. The first-order valence-corrected chi connectivity index (χ1v) is 10.3. The van der Waals surface area contributed by atoms with E-state index in [0.717, 1.165) is 37.6 Å². The van der Waals surface area contributed by atoms with Gasteiger partial charge in [0.25, 0.3) is 0 Å². The Morgan fingerprint density at radius 3 is 2.23 bits per heavy atom. The highest BCUT2D eigenvalue weighted by Gasteiger charge is 2.19. The lowest BCUT2D eigenvalue weighted by atomic mass is 10.1. The van der Waals surface area contributed by atoms with Crippen molar-refractivity contribution in [1.82, 2.24) is 0 Å². The second-order valence-corrected chi connectivity index (χ2v) is 8.38. The molecule has 1 fully saturated rings. The van der Waals surface area contributed by atoms with E-state index in [0.29, 0.717) is 11.3 Å². The number of oxime groups is 1. The Morgan fingerprint density at radius 2 is 1.65 bits per heavy atom. The Labute approximate surface area is 182 Å². The van der Waals surface area contributed by atoms with Crippen LogP contribution in [0.5, 0.6) is 5.75 Å². The Balaban J connectivity index is 1.52. The summed E-state index contributed by atoms with van der Waals surface area (Å²) >= 11 is 0. The average molecular weight is 427 g/mol. The van der Waals surface area contributed by atoms with E-state index < -0.39 is 5.60 Å². The fraction of sp³-hybridized carbons (Fsp3) is 0.391. The van der Waals surface area contributed by atoms with Crippen LogP contribution in [0.2, 0.25) is 0 Å². The number of hydrogen-bond donors (Lipinski definition) is 2. The molecule has 1 aliphatic heterocycles. The van der Waals surface area contributed by atoms with Crippen LogP contribution in [-0.2, 0) is 9.53 Å². The number of rotatable bonds is 6. The maximum atomic E-state index is 11.8. The standard InChI is InChI=1S/C23H30N4O4/c1-23(2,3)31-21(28)16-30-20-9-7-18(8-10-20)26-11-13-27(14-12-26)19-6-4-5-17(15-19)22(24)25-29/h4-10,15,29H,11-14,16H2,1-3H3,(H2,24,25). The van der Waals surface area contributed by atoms with Crippen LogP contribution in [0.15, 0.2) is 53.7 Å². The Bertz CT molecular complexity index is 914. The Kier molecular flexibility index (Phi) is 6.89. The molecule has 2 aromatic carbocycles. The van der Waals surface area contributed by atoms with E-state index in [1.165, 1.54) is 0 Å². The van der Waals surface area contributed by atoms with Gasteiger partial charge in [-0.15, -0.1) is 0 Å². The molecule has 2 aromatic rings. The van der Waals surface area contributed by atoms with Crippen molar-refractivity contribution in [1.29, 1.82) is 0 Å². The van der Waals surface area contributed by atoms with Gasteiger partial charge in [0.05, 0.1) is 0 Å². The zero-order valence-electron chi connectivity index (χ0n) is 18.2. The molecule has 0 bridgehead atoms. The first kappa shape index (κ1) is 22.3. The first-order valence-electron chi connectivity index (χ1n) is 10.3. The van der Waals surface area contributed by atoms with E-state index in [-0.39, 0.29) is 18.4 Å². The molecule has 0 spiro atoms. The second kappa shape index (κ2) is 9.59. The highest BCUT2D eigenvalue weighted by molar-refractivity contribution is 5.97. The Hall–Kier alpha value is -3.42. The van der Waals surface area contributed by atoms with Crippen molar-refractivity contribution in [3.63, 3.8) is 0 Å². The molecule has 1 heterocycles. The van der Waals surface area contributed by atoms with Gasteiger partial charge in [0.2, 0.25) is 0 Å². The zero-order valence-corrected chi connectivity index (χ0v) is 18.2. The van der Waals surface area contributed by atoms with Crippen LogP contribution in [0.3, 0.4) is 0 Å². The average Bonchev–Trinajstić information content (AvgIpc) is 2.76. The summed E-state index contributed by atoms with van der Waals surface area (Å²) in [7, 11) is 0. The Morgan fingerprint density at radius 1 is 1.03 bits per heavy atom. The molecule has 8 heteroatoms. The van der Waals surface area contributed by atoms with Gasteiger partial charge in [0.1, 0.15) is 11.4 Å². The number of amidine groups is 1. The number of piperazine rings is 1. The molecule has 0 saturated carbocycles. The number of ether oxygens (including phenoxy) is 2. The van der Waals surface area contributed by atoms with Crippen molar-refractivity contribution in [2.75, 3.05) is 42.6 Å². The van der Waals surface area contributed by atoms with Gasteiger partial charge in [-0.25, -0.2) is 4.79 Å². The van der Waals surface area contributed by atoms with E-state index in [2.05, 4.69) is 15.0 Å². The predicted octanol–water partition coefficient (Wildman–Crippen LogP) is 2.83. The topological polar surface area (TPSA) is 101 Å². The maximum absolute atomic E-state index is 11.8. The van der Waals surface area contributed by atoms with Gasteiger partial charge in [0.15, 0.2) is 12.4 Å². The molecular formula is C23H30N4O4. The van der Waals surface area contributed by atoms with Crippen molar-refractivity contribution in [3.05, 3.63) is 54.1 Å². The van der Waals surface area contributed by atoms with E-state index >= 15 is 0 Å². The SMILES string of the molecule is CC(C)(C)OC(=O)COc1ccc(N2CCN(c3cccc(/C(N)=N/O)c3)CC2)cc1. The fourth-order valence-corrected chi connectivity index (χ4v) is 3.41. The molecule has 1 saturated heterocycles. The van der Waals surface area contributed by atoms with Gasteiger partial charge in [-0.05, 0) is 57.2 Å². The summed E-state index contributed by atoms with van der Waals surface area (Å²) in [6, 6.07) is 15.4. The van der Waals surface area contributed by atoms with Crippen LogP contribution in [0, 0.1) is 0 Å². The molecule has 0 unspecified atom stereocenters. The molecule has 3 rings (SSSR count). The number of benzene rings is 2. The van der Waals surface area contributed by atoms with E-state index in [1.807, 2.05) is 69.3 Å². The number of nitrogens with two attached hydrogens (primary N) is 1. The highest BCUT2D eigenvalue weighted by Crippen LogP contribution is 2.23. The van der Waals surface area contributed by atoms with E-state index in [1.54, 1.807) is 0 Å². The summed E-state index contributed by atoms with van der Waals surface area (Å²) in [6.45, 7) is 8.82. The van der Waals surface area contributed by atoms with Gasteiger partial charge >= 0.3 is 5.97 Å². The number of esters is 1. The molecule has 3 N–H and O–H groups in total. The minimum atomic E-state index is -0.521. The van der Waals surface area contributed by atoms with E-state index in [4.69, 9.17) is 20.4 Å².